The van der Waals surface area contributed by atoms with E-state index in [9.17, 15) is 10.0 Å². The minimum Gasteiger partial charge on any atom is -0.493 e. The molecule has 0 atom stereocenters. The van der Waals surface area contributed by atoms with Gasteiger partial charge in [0, 0.05) is 10.9 Å². The van der Waals surface area contributed by atoms with Crippen LogP contribution in [0.4, 0.5) is 5.69 Å². The second-order valence-electron chi connectivity index (χ2n) is 5.64. The highest BCUT2D eigenvalue weighted by atomic mass is 16.5. The predicted octanol–water partition coefficient (Wildman–Crippen LogP) is 4.58. The lowest BCUT2D eigenvalue weighted by atomic mass is 10.2. The van der Waals surface area contributed by atoms with E-state index in [1.54, 1.807) is 10.6 Å². The van der Waals surface area contributed by atoms with Crippen LogP contribution < -0.4 is 4.74 Å². The maximum Gasteiger partial charge on any atom is 0.222 e. The first kappa shape index (κ1) is 15.1. The van der Waals surface area contributed by atoms with Crippen molar-refractivity contribution in [2.45, 2.75) is 26.5 Å². The fourth-order valence-corrected chi connectivity index (χ4v) is 2.70. The fraction of sp³-hybridized carbons (Fsp3) is 0.222. The van der Waals surface area contributed by atoms with E-state index in [1.165, 1.54) is 0 Å². The summed E-state index contributed by atoms with van der Waals surface area (Å²) in [6, 6.07) is 15.0. The van der Waals surface area contributed by atoms with E-state index in [0.717, 1.165) is 16.8 Å². The molecule has 0 radical (unpaired) electrons. The Bertz CT molecular complexity index is 853. The van der Waals surface area contributed by atoms with Crippen molar-refractivity contribution in [2.24, 2.45) is 5.18 Å². The zero-order valence-electron chi connectivity index (χ0n) is 13.1. The number of hydrogen-bond acceptors (Lipinski definition) is 4. The SMILES string of the molecule is CC(C)Oc1ccccc1Cn1c(O)c(N=O)c2ccccc21. The van der Waals surface area contributed by atoms with Crippen LogP contribution in [-0.4, -0.2) is 15.8 Å². The van der Waals surface area contributed by atoms with Gasteiger partial charge >= 0.3 is 0 Å². The van der Waals surface area contributed by atoms with E-state index in [1.807, 2.05) is 56.3 Å². The molecule has 1 N–H and O–H groups in total. The average molecular weight is 310 g/mol. The van der Waals surface area contributed by atoms with Gasteiger partial charge in [0.15, 0.2) is 5.69 Å². The first-order valence-corrected chi connectivity index (χ1v) is 7.50. The summed E-state index contributed by atoms with van der Waals surface area (Å²) in [6.07, 6.45) is 0.0540. The number of rotatable bonds is 5. The molecule has 1 heterocycles. The zero-order valence-corrected chi connectivity index (χ0v) is 13.1. The van der Waals surface area contributed by atoms with Crippen LogP contribution in [0.15, 0.2) is 53.7 Å². The maximum absolute atomic E-state index is 11.1. The smallest absolute Gasteiger partial charge is 0.222 e. The third-order valence-corrected chi connectivity index (χ3v) is 3.67. The zero-order chi connectivity index (χ0) is 16.4. The van der Waals surface area contributed by atoms with Gasteiger partial charge in [-0.3, -0.25) is 0 Å². The molecule has 0 bridgehead atoms. The number of ether oxygens (including phenoxy) is 1. The van der Waals surface area contributed by atoms with Crippen molar-refractivity contribution >= 4 is 16.6 Å². The van der Waals surface area contributed by atoms with Crippen LogP contribution in [0, 0.1) is 4.91 Å². The Kier molecular flexibility index (Phi) is 4.02. The van der Waals surface area contributed by atoms with Crippen LogP contribution >= 0.6 is 0 Å². The molecule has 23 heavy (non-hydrogen) atoms. The molecular formula is C18H18N2O3. The molecule has 5 heteroatoms. The van der Waals surface area contributed by atoms with E-state index in [4.69, 9.17) is 4.74 Å². The molecule has 1 aromatic heterocycles. The summed E-state index contributed by atoms with van der Waals surface area (Å²) >= 11 is 0. The van der Waals surface area contributed by atoms with Crippen molar-refractivity contribution in [2.75, 3.05) is 0 Å². The largest absolute Gasteiger partial charge is 0.493 e. The van der Waals surface area contributed by atoms with Crippen molar-refractivity contribution in [3.05, 3.63) is 59.0 Å². The quantitative estimate of drug-likeness (QED) is 0.701. The van der Waals surface area contributed by atoms with Crippen LogP contribution in [-0.2, 0) is 6.54 Å². The summed E-state index contributed by atoms with van der Waals surface area (Å²) in [6.45, 7) is 4.33. The van der Waals surface area contributed by atoms with Gasteiger partial charge in [0.2, 0.25) is 5.88 Å². The molecule has 0 spiro atoms. The number of aromatic hydroxyl groups is 1. The topological polar surface area (TPSA) is 63.8 Å². The van der Waals surface area contributed by atoms with Crippen molar-refractivity contribution in [3.63, 3.8) is 0 Å². The van der Waals surface area contributed by atoms with Gasteiger partial charge in [0.25, 0.3) is 0 Å². The molecule has 0 fully saturated rings. The van der Waals surface area contributed by atoms with Gasteiger partial charge in [0.05, 0.1) is 18.2 Å². The highest BCUT2D eigenvalue weighted by Crippen LogP contribution is 2.39. The normalized spacial score (nSPS) is 11.1. The highest BCUT2D eigenvalue weighted by molar-refractivity contribution is 5.95. The number of nitroso groups, excluding NO2 is 1. The lowest BCUT2D eigenvalue weighted by Gasteiger charge is -2.15. The molecule has 0 aliphatic rings. The average Bonchev–Trinajstić information content (AvgIpc) is 2.80. The lowest BCUT2D eigenvalue weighted by molar-refractivity contribution is 0.239. The maximum atomic E-state index is 11.1. The Morgan fingerprint density at radius 1 is 1.13 bits per heavy atom. The number of para-hydroxylation sites is 2. The Morgan fingerprint density at radius 3 is 2.57 bits per heavy atom. The Hall–Kier alpha value is -2.82. The predicted molar refractivity (Wildman–Crippen MR) is 90.4 cm³/mol. The van der Waals surface area contributed by atoms with Gasteiger partial charge in [-0.2, -0.15) is 0 Å². The monoisotopic (exact) mass is 310 g/mol. The molecule has 3 aromatic rings. The number of aromatic nitrogens is 1. The van der Waals surface area contributed by atoms with Gasteiger partial charge < -0.3 is 14.4 Å². The van der Waals surface area contributed by atoms with E-state index in [0.29, 0.717) is 11.9 Å². The molecule has 118 valence electrons. The van der Waals surface area contributed by atoms with Crippen molar-refractivity contribution in [3.8, 4) is 11.6 Å². The lowest BCUT2D eigenvalue weighted by Crippen LogP contribution is -2.09. The second-order valence-corrected chi connectivity index (χ2v) is 5.64. The standard InChI is InChI=1S/C18H18N2O3/c1-12(2)23-16-10-6-3-7-13(16)11-20-15-9-5-4-8-14(15)17(19-22)18(20)21/h3-10,12,21H,11H2,1-2H3. The van der Waals surface area contributed by atoms with Crippen LogP contribution in [0.1, 0.15) is 19.4 Å². The summed E-state index contributed by atoms with van der Waals surface area (Å²) in [5.41, 5.74) is 1.76. The summed E-state index contributed by atoms with van der Waals surface area (Å²) in [4.78, 5) is 11.1. The van der Waals surface area contributed by atoms with Crippen LogP contribution in [0.5, 0.6) is 11.6 Å². The number of benzene rings is 2. The van der Waals surface area contributed by atoms with Crippen molar-refractivity contribution in [1.29, 1.82) is 0 Å². The minimum absolute atomic E-state index is 0.0540. The van der Waals surface area contributed by atoms with E-state index in [-0.39, 0.29) is 17.7 Å². The molecule has 0 aliphatic heterocycles. The van der Waals surface area contributed by atoms with Crippen LogP contribution in [0.2, 0.25) is 0 Å². The van der Waals surface area contributed by atoms with Crippen molar-refractivity contribution < 1.29 is 9.84 Å². The van der Waals surface area contributed by atoms with E-state index < -0.39 is 0 Å². The molecule has 3 rings (SSSR count). The van der Waals surface area contributed by atoms with Crippen LogP contribution in [0.25, 0.3) is 10.9 Å². The number of fused-ring (bicyclic) bond motifs is 1. The Morgan fingerprint density at radius 2 is 1.83 bits per heavy atom. The molecule has 0 aliphatic carbocycles. The molecule has 0 amide bonds. The summed E-state index contributed by atoms with van der Waals surface area (Å²) in [5, 5.41) is 14.0. The first-order chi connectivity index (χ1) is 11.1. The third-order valence-electron chi connectivity index (χ3n) is 3.67. The van der Waals surface area contributed by atoms with Gasteiger partial charge in [-0.15, -0.1) is 4.91 Å². The van der Waals surface area contributed by atoms with Gasteiger partial charge in [-0.05, 0) is 31.2 Å². The van der Waals surface area contributed by atoms with E-state index >= 15 is 0 Å². The molecule has 5 nitrogen and oxygen atoms in total. The summed E-state index contributed by atoms with van der Waals surface area (Å²) < 4.78 is 7.50. The van der Waals surface area contributed by atoms with Crippen molar-refractivity contribution in [1.82, 2.24) is 4.57 Å². The molecule has 2 aromatic carbocycles. The first-order valence-electron chi connectivity index (χ1n) is 7.50. The summed E-state index contributed by atoms with van der Waals surface area (Å²) in [5.74, 6) is 0.640. The number of nitrogens with zero attached hydrogens (tertiary/aromatic N) is 2. The molecule has 0 saturated carbocycles. The molecule has 0 unspecified atom stereocenters. The second kappa shape index (κ2) is 6.12. The van der Waals surface area contributed by atoms with Gasteiger partial charge in [-0.25, -0.2) is 0 Å². The summed E-state index contributed by atoms with van der Waals surface area (Å²) in [7, 11) is 0. The van der Waals surface area contributed by atoms with E-state index in [2.05, 4.69) is 5.18 Å². The molecular weight excluding hydrogens is 292 g/mol. The third kappa shape index (κ3) is 2.77. The minimum atomic E-state index is -0.124. The van der Waals surface area contributed by atoms with Gasteiger partial charge in [0.1, 0.15) is 5.75 Å². The Labute approximate surface area is 134 Å². The molecule has 0 saturated heterocycles. The van der Waals surface area contributed by atoms with Crippen LogP contribution in [0.3, 0.4) is 0 Å². The van der Waals surface area contributed by atoms with Gasteiger partial charge in [-0.1, -0.05) is 36.4 Å². The highest BCUT2D eigenvalue weighted by Gasteiger charge is 2.18. The fourth-order valence-electron chi connectivity index (χ4n) is 2.70. The number of hydrogen-bond donors (Lipinski definition) is 1. The Balaban J connectivity index is 2.10.